The number of carbonyl (C=O) groups excluding carboxylic acids is 3. The highest BCUT2D eigenvalue weighted by Gasteiger charge is 2.26. The number of aromatic nitrogens is 4. The van der Waals surface area contributed by atoms with E-state index in [-0.39, 0.29) is 31.0 Å². The van der Waals surface area contributed by atoms with Gasteiger partial charge in [-0.05, 0) is 66.6 Å². The van der Waals surface area contributed by atoms with Crippen molar-refractivity contribution < 1.29 is 28.6 Å². The molecule has 6 aromatic rings. The van der Waals surface area contributed by atoms with Gasteiger partial charge in [-0.3, -0.25) is 14.5 Å². The minimum absolute atomic E-state index is 0.0534. The molecular weight excluding hydrogens is 865 g/mol. The van der Waals surface area contributed by atoms with Crippen LogP contribution in [-0.2, 0) is 14.3 Å². The van der Waals surface area contributed by atoms with Crippen LogP contribution >= 0.6 is 22.7 Å². The number of hydrogen-bond acceptors (Lipinski definition) is 15. The molecule has 0 saturated heterocycles. The zero-order valence-electron chi connectivity index (χ0n) is 38.2. The number of pyridine rings is 2. The van der Waals surface area contributed by atoms with E-state index in [2.05, 4.69) is 58.7 Å². The van der Waals surface area contributed by atoms with E-state index >= 15 is 0 Å². The Morgan fingerprint density at radius 2 is 1.14 bits per heavy atom. The van der Waals surface area contributed by atoms with Gasteiger partial charge in [0.1, 0.15) is 48.0 Å². The van der Waals surface area contributed by atoms with Crippen LogP contribution in [0.1, 0.15) is 46.0 Å². The van der Waals surface area contributed by atoms with E-state index in [4.69, 9.17) is 14.2 Å². The third-order valence-electron chi connectivity index (χ3n) is 9.26. The van der Waals surface area contributed by atoms with Gasteiger partial charge in [0.25, 0.3) is 0 Å². The van der Waals surface area contributed by atoms with Crippen molar-refractivity contribution >= 4 is 62.5 Å². The second-order valence-corrected chi connectivity index (χ2v) is 17.8. The van der Waals surface area contributed by atoms with Crippen LogP contribution in [-0.4, -0.2) is 101 Å². The van der Waals surface area contributed by atoms with E-state index in [1.165, 1.54) is 23.3 Å². The molecule has 0 aliphatic rings. The van der Waals surface area contributed by atoms with Gasteiger partial charge in [0.2, 0.25) is 11.8 Å². The van der Waals surface area contributed by atoms with Gasteiger partial charge in [0.05, 0.1) is 28.9 Å². The first-order valence-electron chi connectivity index (χ1n) is 21.0. The molecule has 3 amide bonds. The number of ether oxygens (including phenoxy) is 3. The number of nitrogens with zero attached hydrogens (tertiary/aromatic N) is 5. The summed E-state index contributed by atoms with van der Waals surface area (Å²) in [5.74, 6) is 2.26. The number of amides is 3. The normalized spacial score (nSPS) is 11.8. The van der Waals surface area contributed by atoms with Gasteiger partial charge in [0.15, 0.2) is 10.3 Å². The average Bonchev–Trinajstić information content (AvgIpc) is 3.95. The SMILES string of the molecule is CN[C@@H](C)C(=O)NCCOc1cc(C)nc(Nc2ncc(-c3ccccc3)s2)c1.Cc1cc(OCCNC(=O)[C@H](C)N(C)C(=O)OC(C)(C)C)cc(Nc2ncc(-c3ccccc3)s2)n1. The molecule has 0 fully saturated rings. The van der Waals surface area contributed by atoms with Crippen molar-refractivity contribution in [3.63, 3.8) is 0 Å². The summed E-state index contributed by atoms with van der Waals surface area (Å²) in [6.45, 7) is 13.9. The molecule has 0 spiro atoms. The number of likely N-dealkylation sites (N-methyl/N-ethyl adjacent to an activating group) is 2. The minimum Gasteiger partial charge on any atom is -0.492 e. The minimum atomic E-state index is -0.683. The average molecular weight is 923 g/mol. The maximum atomic E-state index is 12.4. The van der Waals surface area contributed by atoms with Gasteiger partial charge in [-0.2, -0.15) is 0 Å². The molecule has 5 N–H and O–H groups in total. The lowest BCUT2D eigenvalue weighted by atomic mass is 10.2. The first kappa shape index (κ1) is 49.4. The smallest absolute Gasteiger partial charge is 0.410 e. The van der Waals surface area contributed by atoms with Gasteiger partial charge in [-0.1, -0.05) is 83.3 Å². The lowest BCUT2D eigenvalue weighted by Crippen LogP contribution is -2.48. The Morgan fingerprint density at radius 1 is 0.692 bits per heavy atom. The molecule has 0 radical (unpaired) electrons. The van der Waals surface area contributed by atoms with Crippen molar-refractivity contribution in [1.29, 1.82) is 0 Å². The summed E-state index contributed by atoms with van der Waals surface area (Å²) in [5.41, 5.74) is 3.23. The van der Waals surface area contributed by atoms with Gasteiger partial charge >= 0.3 is 6.09 Å². The summed E-state index contributed by atoms with van der Waals surface area (Å²) >= 11 is 3.11. The molecule has 4 aromatic heterocycles. The van der Waals surface area contributed by atoms with Crippen molar-refractivity contribution in [2.45, 2.75) is 66.2 Å². The predicted octanol–water partition coefficient (Wildman–Crippen LogP) is 8.37. The van der Waals surface area contributed by atoms with Crippen molar-refractivity contribution in [3.05, 3.63) is 109 Å². The predicted molar refractivity (Wildman–Crippen MR) is 259 cm³/mol. The van der Waals surface area contributed by atoms with Crippen molar-refractivity contribution in [1.82, 2.24) is 40.8 Å². The fourth-order valence-corrected chi connectivity index (χ4v) is 7.37. The number of aryl methyl sites for hydroxylation is 2. The highest BCUT2D eigenvalue weighted by molar-refractivity contribution is 7.19. The van der Waals surface area contributed by atoms with Crippen LogP contribution in [0.3, 0.4) is 0 Å². The van der Waals surface area contributed by atoms with E-state index in [9.17, 15) is 14.4 Å². The topological polar surface area (TPSA) is 194 Å². The van der Waals surface area contributed by atoms with Gasteiger partial charge in [-0.15, -0.1) is 0 Å². The molecule has 65 heavy (non-hydrogen) atoms. The van der Waals surface area contributed by atoms with E-state index in [0.717, 1.165) is 42.5 Å². The fraction of sp³-hybridized carbons (Fsp3) is 0.340. The molecule has 6 rings (SSSR count). The molecule has 0 bridgehead atoms. The third-order valence-corrected chi connectivity index (χ3v) is 11.2. The number of thiazole rings is 2. The lowest BCUT2D eigenvalue weighted by Gasteiger charge is -2.28. The van der Waals surface area contributed by atoms with Crippen LogP contribution in [0.4, 0.5) is 26.7 Å². The van der Waals surface area contributed by atoms with E-state index < -0.39 is 17.7 Å². The molecule has 4 heterocycles. The van der Waals surface area contributed by atoms with E-state index in [1.807, 2.05) is 99.9 Å². The molecule has 0 unspecified atom stereocenters. The number of rotatable bonds is 18. The number of anilines is 4. The van der Waals surface area contributed by atoms with Crippen LogP contribution in [0.25, 0.3) is 20.9 Å². The lowest BCUT2D eigenvalue weighted by molar-refractivity contribution is -0.125. The van der Waals surface area contributed by atoms with Crippen molar-refractivity contribution in [2.75, 3.05) is 51.0 Å². The molecule has 16 nitrogen and oxygen atoms in total. The van der Waals surface area contributed by atoms with Crippen LogP contribution in [0, 0.1) is 13.8 Å². The number of carbonyl (C=O) groups is 3. The zero-order chi connectivity index (χ0) is 46.9. The fourth-order valence-electron chi connectivity index (χ4n) is 5.71. The standard InChI is InChI=1S/C26H33N5O4S.C21H25N5O2S/c1-17-14-20(34-13-12-27-23(32)18(2)31(6)25(33)35-26(3,4)5)15-22(29-17)30-24-28-16-21(36-24)19-10-8-7-9-11-19;1-14-11-17(28-10-9-23-20(27)15(2)22-3)12-19(25-14)26-21-24-13-18(29-21)16-7-5-4-6-8-16/h7-11,14-16,18H,12-13H2,1-6H3,(H,27,32)(H,28,29,30);4-8,11-13,15,22H,9-10H2,1-3H3,(H,23,27)(H,24,25,26)/t18-;15-/m00/s1. The van der Waals surface area contributed by atoms with Crippen molar-refractivity contribution in [3.8, 4) is 32.4 Å². The van der Waals surface area contributed by atoms with Crippen LogP contribution < -0.4 is 36.1 Å². The van der Waals surface area contributed by atoms with Gasteiger partial charge in [-0.25, -0.2) is 24.7 Å². The monoisotopic (exact) mass is 922 g/mol. The molecule has 0 saturated carbocycles. The maximum Gasteiger partial charge on any atom is 0.410 e. The van der Waals surface area contributed by atoms with E-state index in [1.54, 1.807) is 52.1 Å². The summed E-state index contributed by atoms with van der Waals surface area (Å²) in [6.07, 6.45) is 3.13. The summed E-state index contributed by atoms with van der Waals surface area (Å²) < 4.78 is 16.9. The number of hydrogen-bond donors (Lipinski definition) is 5. The Bertz CT molecular complexity index is 2460. The van der Waals surface area contributed by atoms with Gasteiger partial charge in [0, 0.05) is 55.1 Å². The highest BCUT2D eigenvalue weighted by Crippen LogP contribution is 2.32. The summed E-state index contributed by atoms with van der Waals surface area (Å²) in [5, 5.41) is 16.5. The molecule has 2 aromatic carbocycles. The number of benzene rings is 2. The quantitative estimate of drug-likeness (QED) is 0.0517. The third kappa shape index (κ3) is 16.1. The summed E-state index contributed by atoms with van der Waals surface area (Å²) in [4.78, 5) is 57.7. The Balaban J connectivity index is 0.000000250. The molecule has 0 aliphatic heterocycles. The van der Waals surface area contributed by atoms with Gasteiger partial charge < -0.3 is 40.8 Å². The Morgan fingerprint density at radius 3 is 1.57 bits per heavy atom. The van der Waals surface area contributed by atoms with Crippen LogP contribution in [0.5, 0.6) is 11.5 Å². The Kier molecular flexibility index (Phi) is 18.1. The second-order valence-electron chi connectivity index (χ2n) is 15.8. The number of nitrogens with one attached hydrogen (secondary N) is 5. The molecule has 2 atom stereocenters. The van der Waals surface area contributed by atoms with Crippen molar-refractivity contribution in [2.24, 2.45) is 0 Å². The van der Waals surface area contributed by atoms with E-state index in [0.29, 0.717) is 36.3 Å². The van der Waals surface area contributed by atoms with Crippen LogP contribution in [0.2, 0.25) is 0 Å². The first-order chi connectivity index (χ1) is 31.1. The Hall–Kier alpha value is -6.63. The van der Waals surface area contributed by atoms with Crippen LogP contribution in [0.15, 0.2) is 97.3 Å². The second kappa shape index (κ2) is 23.9. The summed E-state index contributed by atoms with van der Waals surface area (Å²) in [6, 6.07) is 26.6. The zero-order valence-corrected chi connectivity index (χ0v) is 39.9. The molecule has 344 valence electrons. The molecular formula is C47H58N10O6S2. The Labute approximate surface area is 388 Å². The first-order valence-corrected chi connectivity index (χ1v) is 22.7. The largest absolute Gasteiger partial charge is 0.492 e. The summed E-state index contributed by atoms with van der Waals surface area (Å²) in [7, 11) is 3.29. The maximum absolute atomic E-state index is 12.4. The molecule has 0 aliphatic carbocycles. The molecule has 18 heteroatoms. The highest BCUT2D eigenvalue weighted by atomic mass is 32.1.